The van der Waals surface area contributed by atoms with Gasteiger partial charge in [-0.15, -0.1) is 0 Å². The van der Waals surface area contributed by atoms with E-state index < -0.39 is 0 Å². The molecule has 82 valence electrons. The first-order valence-electron chi connectivity index (χ1n) is 5.05. The zero-order valence-corrected chi connectivity index (χ0v) is 8.41. The second kappa shape index (κ2) is 4.49. The van der Waals surface area contributed by atoms with E-state index in [4.69, 9.17) is 15.2 Å². The van der Waals surface area contributed by atoms with Gasteiger partial charge in [-0.25, -0.2) is 4.39 Å². The summed E-state index contributed by atoms with van der Waals surface area (Å²) in [7, 11) is 0. The normalized spacial score (nSPS) is 20.5. The zero-order chi connectivity index (χ0) is 10.7. The maximum atomic E-state index is 12.7. The Morgan fingerprint density at radius 3 is 3.07 bits per heavy atom. The molecule has 1 fully saturated rings. The topological polar surface area (TPSA) is 44.5 Å². The molecule has 0 bridgehead atoms. The molecule has 2 N–H and O–H groups in total. The Morgan fingerprint density at radius 2 is 2.40 bits per heavy atom. The van der Waals surface area contributed by atoms with Crippen molar-refractivity contribution in [3.8, 4) is 5.75 Å². The molecule has 1 aromatic rings. The maximum absolute atomic E-state index is 12.7. The van der Waals surface area contributed by atoms with Gasteiger partial charge in [0.15, 0.2) is 0 Å². The number of hydrogen-bond donors (Lipinski definition) is 1. The molecule has 1 aliphatic rings. The minimum absolute atomic E-state index is 0.148. The summed E-state index contributed by atoms with van der Waals surface area (Å²) in [5, 5.41) is 0. The van der Waals surface area contributed by atoms with E-state index in [9.17, 15) is 4.39 Å². The molecule has 0 spiro atoms. The first kappa shape index (κ1) is 10.2. The third kappa shape index (κ3) is 2.59. The summed E-state index contributed by atoms with van der Waals surface area (Å²) in [4.78, 5) is 0. The highest BCUT2D eigenvalue weighted by Gasteiger charge is 2.16. The van der Waals surface area contributed by atoms with Gasteiger partial charge in [-0.3, -0.25) is 0 Å². The largest absolute Gasteiger partial charge is 0.489 e. The van der Waals surface area contributed by atoms with Crippen molar-refractivity contribution in [3.63, 3.8) is 0 Å². The second-order valence-corrected chi connectivity index (χ2v) is 3.63. The lowest BCUT2D eigenvalue weighted by Gasteiger charge is -2.12. The predicted octanol–water partition coefficient (Wildman–Crippen LogP) is 1.97. The van der Waals surface area contributed by atoms with Gasteiger partial charge in [-0.05, 0) is 25.0 Å². The number of rotatable bonds is 3. The van der Waals surface area contributed by atoms with Crippen LogP contribution in [0, 0.1) is 5.82 Å². The summed E-state index contributed by atoms with van der Waals surface area (Å²) in [6.07, 6.45) is 2.24. The molecule has 15 heavy (non-hydrogen) atoms. The highest BCUT2D eigenvalue weighted by Crippen LogP contribution is 2.23. The first-order chi connectivity index (χ1) is 7.25. The lowest BCUT2D eigenvalue weighted by Crippen LogP contribution is -2.16. The lowest BCUT2D eigenvalue weighted by molar-refractivity contribution is 0.0682. The average molecular weight is 211 g/mol. The molecule has 1 heterocycles. The Labute approximate surface area is 88.0 Å². The molecule has 0 unspecified atom stereocenters. The molecule has 1 atom stereocenters. The molecule has 0 aromatic heterocycles. The maximum Gasteiger partial charge on any atom is 0.142 e. The summed E-state index contributed by atoms with van der Waals surface area (Å²) in [5.74, 6) is 0.170. The van der Waals surface area contributed by atoms with E-state index in [0.717, 1.165) is 19.4 Å². The predicted molar refractivity (Wildman–Crippen MR) is 55.3 cm³/mol. The number of ether oxygens (including phenoxy) is 2. The van der Waals surface area contributed by atoms with Gasteiger partial charge < -0.3 is 15.2 Å². The van der Waals surface area contributed by atoms with Gasteiger partial charge in [0.1, 0.15) is 18.2 Å². The van der Waals surface area contributed by atoms with Crippen molar-refractivity contribution in [2.45, 2.75) is 18.9 Å². The van der Waals surface area contributed by atoms with Gasteiger partial charge >= 0.3 is 0 Å². The van der Waals surface area contributed by atoms with Crippen LogP contribution in [-0.2, 0) is 4.74 Å². The molecule has 1 aromatic carbocycles. The van der Waals surface area contributed by atoms with Crippen LogP contribution in [0.25, 0.3) is 0 Å². The molecule has 3 nitrogen and oxygen atoms in total. The average Bonchev–Trinajstić information content (AvgIpc) is 2.69. The van der Waals surface area contributed by atoms with Crippen molar-refractivity contribution in [2.75, 3.05) is 18.9 Å². The van der Waals surface area contributed by atoms with Crippen LogP contribution in [0.3, 0.4) is 0 Å². The fraction of sp³-hybridized carbons (Fsp3) is 0.455. The molecule has 0 saturated carbocycles. The molecule has 2 rings (SSSR count). The Balaban J connectivity index is 1.92. The Bertz CT molecular complexity index is 337. The van der Waals surface area contributed by atoms with Crippen molar-refractivity contribution in [3.05, 3.63) is 24.0 Å². The Morgan fingerprint density at radius 1 is 1.53 bits per heavy atom. The number of anilines is 1. The minimum atomic E-state index is -0.350. The van der Waals surface area contributed by atoms with E-state index in [1.54, 1.807) is 6.07 Å². The molecule has 1 saturated heterocycles. The van der Waals surface area contributed by atoms with Gasteiger partial charge in [0.25, 0.3) is 0 Å². The summed E-state index contributed by atoms with van der Waals surface area (Å²) in [6, 6.07) is 4.13. The third-order valence-electron chi connectivity index (χ3n) is 2.42. The zero-order valence-electron chi connectivity index (χ0n) is 8.41. The SMILES string of the molecule is Nc1cc(F)ccc1OC[C@@H]1CCCO1. The van der Waals surface area contributed by atoms with Crippen LogP contribution >= 0.6 is 0 Å². The molecular formula is C11H14FNO2. The highest BCUT2D eigenvalue weighted by atomic mass is 19.1. The van der Waals surface area contributed by atoms with E-state index in [0.29, 0.717) is 18.0 Å². The van der Waals surface area contributed by atoms with E-state index in [1.165, 1.54) is 12.1 Å². The quantitative estimate of drug-likeness (QED) is 0.777. The van der Waals surface area contributed by atoms with Crippen LogP contribution in [0.4, 0.5) is 10.1 Å². The van der Waals surface area contributed by atoms with E-state index in [-0.39, 0.29) is 11.9 Å². The highest BCUT2D eigenvalue weighted by molar-refractivity contribution is 5.52. The van der Waals surface area contributed by atoms with Crippen LogP contribution < -0.4 is 10.5 Å². The van der Waals surface area contributed by atoms with E-state index in [1.807, 2.05) is 0 Å². The Hall–Kier alpha value is -1.29. The first-order valence-corrected chi connectivity index (χ1v) is 5.05. The number of nitrogen functional groups attached to an aromatic ring is 1. The van der Waals surface area contributed by atoms with Crippen LogP contribution in [0.15, 0.2) is 18.2 Å². The number of halogens is 1. The molecule has 0 aliphatic carbocycles. The third-order valence-corrected chi connectivity index (χ3v) is 2.42. The fourth-order valence-corrected chi connectivity index (χ4v) is 1.61. The van der Waals surface area contributed by atoms with Crippen molar-refractivity contribution in [2.24, 2.45) is 0 Å². The van der Waals surface area contributed by atoms with E-state index in [2.05, 4.69) is 0 Å². The van der Waals surface area contributed by atoms with Gasteiger partial charge in [-0.2, -0.15) is 0 Å². The second-order valence-electron chi connectivity index (χ2n) is 3.63. The molecule has 1 aliphatic heterocycles. The Kier molecular flexibility index (Phi) is 3.06. The minimum Gasteiger partial charge on any atom is -0.489 e. The van der Waals surface area contributed by atoms with Gasteiger partial charge in [-0.1, -0.05) is 0 Å². The van der Waals surface area contributed by atoms with Crippen molar-refractivity contribution < 1.29 is 13.9 Å². The summed E-state index contributed by atoms with van der Waals surface area (Å²) in [6.45, 7) is 1.28. The van der Waals surface area contributed by atoms with Crippen molar-refractivity contribution >= 4 is 5.69 Å². The van der Waals surface area contributed by atoms with Crippen LogP contribution in [0.1, 0.15) is 12.8 Å². The van der Waals surface area contributed by atoms with Gasteiger partial charge in [0, 0.05) is 12.7 Å². The molecule has 0 radical (unpaired) electrons. The summed E-state index contributed by atoms with van der Waals surface area (Å²) < 4.78 is 23.6. The lowest BCUT2D eigenvalue weighted by atomic mass is 10.2. The summed E-state index contributed by atoms with van der Waals surface area (Å²) in [5.41, 5.74) is 5.93. The number of nitrogens with two attached hydrogens (primary N) is 1. The van der Waals surface area contributed by atoms with Gasteiger partial charge in [0.2, 0.25) is 0 Å². The molecule has 0 amide bonds. The van der Waals surface area contributed by atoms with Crippen LogP contribution in [0.2, 0.25) is 0 Å². The number of benzene rings is 1. The van der Waals surface area contributed by atoms with Crippen molar-refractivity contribution in [1.29, 1.82) is 0 Å². The summed E-state index contributed by atoms with van der Waals surface area (Å²) >= 11 is 0. The van der Waals surface area contributed by atoms with Crippen LogP contribution in [-0.4, -0.2) is 19.3 Å². The van der Waals surface area contributed by atoms with E-state index >= 15 is 0 Å². The fourth-order valence-electron chi connectivity index (χ4n) is 1.61. The van der Waals surface area contributed by atoms with Crippen LogP contribution in [0.5, 0.6) is 5.75 Å². The molecule has 4 heteroatoms. The smallest absolute Gasteiger partial charge is 0.142 e. The van der Waals surface area contributed by atoms with Crippen molar-refractivity contribution in [1.82, 2.24) is 0 Å². The molecular weight excluding hydrogens is 197 g/mol. The van der Waals surface area contributed by atoms with Gasteiger partial charge in [0.05, 0.1) is 11.8 Å². The monoisotopic (exact) mass is 211 g/mol. The number of hydrogen-bond acceptors (Lipinski definition) is 3. The standard InChI is InChI=1S/C11H14FNO2/c12-8-3-4-11(10(13)6-8)15-7-9-2-1-5-14-9/h3-4,6,9H,1-2,5,7,13H2/t9-/m0/s1.